The Morgan fingerprint density at radius 3 is 1.77 bits per heavy atom. The first-order chi connectivity index (χ1) is 14.5. The van der Waals surface area contributed by atoms with Gasteiger partial charge >= 0.3 is 5.97 Å². The van der Waals surface area contributed by atoms with Crippen molar-refractivity contribution in [2.45, 2.75) is 18.9 Å². The number of ether oxygens (including phenoxy) is 1. The summed E-state index contributed by atoms with van der Waals surface area (Å²) in [6, 6.07) is 24.7. The van der Waals surface area contributed by atoms with Crippen LogP contribution in [-0.2, 0) is 14.3 Å². The molecule has 3 N–H and O–H groups in total. The van der Waals surface area contributed by atoms with Crippen molar-refractivity contribution in [2.75, 3.05) is 5.32 Å². The molecule has 2 amide bonds. The molecule has 0 bridgehead atoms. The van der Waals surface area contributed by atoms with E-state index in [1.165, 1.54) is 19.1 Å². The van der Waals surface area contributed by atoms with E-state index < -0.39 is 29.8 Å². The number of carbonyl (C=O) groups is 3. The SMILES string of the molecule is C[C@@H](OC(=O)C(c1ccccc1)c1ccccc1)C(=O)Nc1ccc(C(N)=O)cc1. The second kappa shape index (κ2) is 9.52. The van der Waals surface area contributed by atoms with Crippen molar-refractivity contribution in [2.24, 2.45) is 5.73 Å². The van der Waals surface area contributed by atoms with Gasteiger partial charge in [-0.3, -0.25) is 14.4 Å². The molecule has 0 aliphatic heterocycles. The fourth-order valence-electron chi connectivity index (χ4n) is 3.01. The molecular weight excluding hydrogens is 380 g/mol. The second-order valence-corrected chi connectivity index (χ2v) is 6.76. The molecule has 3 aromatic carbocycles. The van der Waals surface area contributed by atoms with Crippen LogP contribution in [0.2, 0.25) is 0 Å². The zero-order chi connectivity index (χ0) is 21.5. The van der Waals surface area contributed by atoms with Crippen LogP contribution >= 0.6 is 0 Å². The summed E-state index contributed by atoms with van der Waals surface area (Å²) in [7, 11) is 0. The second-order valence-electron chi connectivity index (χ2n) is 6.76. The largest absolute Gasteiger partial charge is 0.452 e. The van der Waals surface area contributed by atoms with E-state index in [9.17, 15) is 14.4 Å². The van der Waals surface area contributed by atoms with Gasteiger partial charge in [-0.05, 0) is 42.3 Å². The molecule has 0 radical (unpaired) electrons. The minimum Gasteiger partial charge on any atom is -0.452 e. The van der Waals surface area contributed by atoms with Gasteiger partial charge in [0, 0.05) is 11.3 Å². The molecule has 6 heteroatoms. The molecule has 3 aromatic rings. The lowest BCUT2D eigenvalue weighted by molar-refractivity contribution is -0.153. The van der Waals surface area contributed by atoms with E-state index in [1.807, 2.05) is 60.7 Å². The van der Waals surface area contributed by atoms with Crippen molar-refractivity contribution in [3.63, 3.8) is 0 Å². The summed E-state index contributed by atoms with van der Waals surface area (Å²) in [5, 5.41) is 2.66. The summed E-state index contributed by atoms with van der Waals surface area (Å²) < 4.78 is 5.49. The summed E-state index contributed by atoms with van der Waals surface area (Å²) in [5.74, 6) is -2.19. The molecule has 0 spiro atoms. The van der Waals surface area contributed by atoms with Crippen LogP contribution in [0.1, 0.15) is 34.3 Å². The maximum atomic E-state index is 13.0. The number of carbonyl (C=O) groups excluding carboxylic acids is 3. The molecule has 152 valence electrons. The monoisotopic (exact) mass is 402 g/mol. The Morgan fingerprint density at radius 1 is 0.800 bits per heavy atom. The van der Waals surface area contributed by atoms with Gasteiger partial charge in [-0.1, -0.05) is 60.7 Å². The Morgan fingerprint density at radius 2 is 1.30 bits per heavy atom. The molecular formula is C24H22N2O4. The average Bonchev–Trinajstić information content (AvgIpc) is 2.75. The Labute approximate surface area is 174 Å². The topological polar surface area (TPSA) is 98.5 Å². The van der Waals surface area contributed by atoms with Crippen LogP contribution in [0, 0.1) is 0 Å². The van der Waals surface area contributed by atoms with Gasteiger partial charge in [0.1, 0.15) is 5.92 Å². The fourth-order valence-corrected chi connectivity index (χ4v) is 3.01. The van der Waals surface area contributed by atoms with Crippen LogP contribution in [-0.4, -0.2) is 23.9 Å². The molecule has 1 atom stereocenters. The summed E-state index contributed by atoms with van der Waals surface area (Å²) in [4.78, 5) is 36.6. The van der Waals surface area contributed by atoms with E-state index in [4.69, 9.17) is 10.5 Å². The first-order valence-electron chi connectivity index (χ1n) is 9.47. The molecule has 0 heterocycles. The van der Waals surface area contributed by atoms with E-state index in [-0.39, 0.29) is 0 Å². The summed E-state index contributed by atoms with van der Waals surface area (Å²) in [6.07, 6.45) is -1.01. The third kappa shape index (κ3) is 5.11. The zero-order valence-electron chi connectivity index (χ0n) is 16.4. The Hall–Kier alpha value is -3.93. The first kappa shape index (κ1) is 20.8. The van der Waals surface area contributed by atoms with Gasteiger partial charge in [-0.25, -0.2) is 0 Å². The number of hydrogen-bond acceptors (Lipinski definition) is 4. The van der Waals surface area contributed by atoms with E-state index in [0.29, 0.717) is 11.3 Å². The number of esters is 1. The average molecular weight is 402 g/mol. The van der Waals surface area contributed by atoms with Gasteiger partial charge in [0.25, 0.3) is 5.91 Å². The number of nitrogens with two attached hydrogens (primary N) is 1. The van der Waals surface area contributed by atoms with Crippen molar-refractivity contribution in [1.29, 1.82) is 0 Å². The standard InChI is InChI=1S/C24H22N2O4/c1-16(23(28)26-20-14-12-19(13-15-20)22(25)27)30-24(29)21(17-8-4-2-5-9-17)18-10-6-3-7-11-18/h2-16,21H,1H3,(H2,25,27)(H,26,28)/t16-/m1/s1. The maximum absolute atomic E-state index is 13.0. The number of amides is 2. The third-order valence-corrected chi connectivity index (χ3v) is 4.60. The summed E-state index contributed by atoms with van der Waals surface area (Å²) in [6.45, 7) is 1.51. The molecule has 0 fully saturated rings. The van der Waals surface area contributed by atoms with Gasteiger partial charge in [0.15, 0.2) is 6.10 Å². The summed E-state index contributed by atoms with van der Waals surface area (Å²) in [5.41, 5.74) is 7.57. The van der Waals surface area contributed by atoms with E-state index >= 15 is 0 Å². The minimum absolute atomic E-state index is 0.334. The van der Waals surface area contributed by atoms with Crippen LogP contribution in [0.25, 0.3) is 0 Å². The van der Waals surface area contributed by atoms with E-state index in [1.54, 1.807) is 12.1 Å². The molecule has 0 saturated carbocycles. The number of anilines is 1. The van der Waals surface area contributed by atoms with Crippen LogP contribution in [0.5, 0.6) is 0 Å². The molecule has 0 saturated heterocycles. The smallest absolute Gasteiger partial charge is 0.318 e. The molecule has 6 nitrogen and oxygen atoms in total. The molecule has 30 heavy (non-hydrogen) atoms. The maximum Gasteiger partial charge on any atom is 0.318 e. The number of hydrogen-bond donors (Lipinski definition) is 2. The zero-order valence-corrected chi connectivity index (χ0v) is 16.4. The normalized spacial score (nSPS) is 11.5. The summed E-state index contributed by atoms with van der Waals surface area (Å²) >= 11 is 0. The van der Waals surface area contributed by atoms with Crippen molar-refractivity contribution in [3.05, 3.63) is 102 Å². The highest BCUT2D eigenvalue weighted by Gasteiger charge is 2.27. The highest BCUT2D eigenvalue weighted by atomic mass is 16.5. The van der Waals surface area contributed by atoms with E-state index in [0.717, 1.165) is 11.1 Å². The predicted molar refractivity (Wildman–Crippen MR) is 114 cm³/mol. The van der Waals surface area contributed by atoms with Gasteiger partial charge < -0.3 is 15.8 Å². The van der Waals surface area contributed by atoms with Gasteiger partial charge in [-0.15, -0.1) is 0 Å². The van der Waals surface area contributed by atoms with E-state index in [2.05, 4.69) is 5.32 Å². The number of benzene rings is 3. The van der Waals surface area contributed by atoms with Gasteiger partial charge in [0.05, 0.1) is 0 Å². The lowest BCUT2D eigenvalue weighted by atomic mass is 9.91. The number of nitrogens with one attached hydrogen (secondary N) is 1. The number of rotatable bonds is 7. The lowest BCUT2D eigenvalue weighted by Gasteiger charge is -2.20. The van der Waals surface area contributed by atoms with Crippen LogP contribution in [0.3, 0.4) is 0 Å². The Balaban J connectivity index is 1.71. The third-order valence-electron chi connectivity index (χ3n) is 4.60. The van der Waals surface area contributed by atoms with Crippen molar-refractivity contribution in [3.8, 4) is 0 Å². The van der Waals surface area contributed by atoms with Crippen LogP contribution in [0.15, 0.2) is 84.9 Å². The molecule has 3 rings (SSSR count). The predicted octanol–water partition coefficient (Wildman–Crippen LogP) is 3.49. The van der Waals surface area contributed by atoms with Gasteiger partial charge in [-0.2, -0.15) is 0 Å². The number of primary amides is 1. The van der Waals surface area contributed by atoms with Crippen molar-refractivity contribution >= 4 is 23.5 Å². The highest BCUT2D eigenvalue weighted by Crippen LogP contribution is 2.26. The molecule has 0 aliphatic carbocycles. The van der Waals surface area contributed by atoms with Crippen molar-refractivity contribution < 1.29 is 19.1 Å². The lowest BCUT2D eigenvalue weighted by Crippen LogP contribution is -2.32. The molecule has 0 aromatic heterocycles. The molecule has 0 unspecified atom stereocenters. The minimum atomic E-state index is -1.01. The van der Waals surface area contributed by atoms with Gasteiger partial charge in [0.2, 0.25) is 5.91 Å². The van der Waals surface area contributed by atoms with Crippen LogP contribution in [0.4, 0.5) is 5.69 Å². The highest BCUT2D eigenvalue weighted by molar-refractivity contribution is 5.97. The molecule has 0 aliphatic rings. The van der Waals surface area contributed by atoms with Crippen LogP contribution < -0.4 is 11.1 Å². The van der Waals surface area contributed by atoms with Crippen molar-refractivity contribution in [1.82, 2.24) is 0 Å². The first-order valence-corrected chi connectivity index (χ1v) is 9.47. The Bertz CT molecular complexity index is 979. The fraction of sp³-hybridized carbons (Fsp3) is 0.125. The quantitative estimate of drug-likeness (QED) is 0.591. The Kier molecular flexibility index (Phi) is 6.60.